The van der Waals surface area contributed by atoms with E-state index in [9.17, 15) is 0 Å². The zero-order valence-corrected chi connectivity index (χ0v) is 13.4. The van der Waals surface area contributed by atoms with Gasteiger partial charge in [0.05, 0.1) is 6.61 Å². The summed E-state index contributed by atoms with van der Waals surface area (Å²) < 4.78 is 5.83. The second kappa shape index (κ2) is 7.08. The smallest absolute Gasteiger partial charge is 0.118 e. The summed E-state index contributed by atoms with van der Waals surface area (Å²) in [6.45, 7) is 6.36. The molecular weight excluding hydrogens is 270 g/mol. The SMILES string of the molecule is CCCN(CCC1(c2ccccc2)CO1)Cc1ccccc1. The highest BCUT2D eigenvalue weighted by Crippen LogP contribution is 2.42. The lowest BCUT2D eigenvalue weighted by Crippen LogP contribution is -2.28. The van der Waals surface area contributed by atoms with Crippen molar-refractivity contribution in [1.29, 1.82) is 0 Å². The molecular formula is C20H25NO. The van der Waals surface area contributed by atoms with Gasteiger partial charge in [0.15, 0.2) is 0 Å². The zero-order chi connectivity index (χ0) is 15.3. The molecule has 2 aromatic rings. The molecule has 2 nitrogen and oxygen atoms in total. The number of hydrogen-bond donors (Lipinski definition) is 0. The molecule has 0 saturated carbocycles. The van der Waals surface area contributed by atoms with Gasteiger partial charge in [-0.3, -0.25) is 4.90 Å². The van der Waals surface area contributed by atoms with Crippen LogP contribution in [0.3, 0.4) is 0 Å². The maximum atomic E-state index is 5.83. The molecule has 1 fully saturated rings. The van der Waals surface area contributed by atoms with Crippen molar-refractivity contribution in [2.24, 2.45) is 0 Å². The summed E-state index contributed by atoms with van der Waals surface area (Å²) >= 11 is 0. The first-order valence-electron chi connectivity index (χ1n) is 8.28. The van der Waals surface area contributed by atoms with E-state index in [4.69, 9.17) is 4.74 Å². The normalized spacial score (nSPS) is 20.3. The Balaban J connectivity index is 1.60. The lowest BCUT2D eigenvalue weighted by Gasteiger charge is -2.24. The summed E-state index contributed by atoms with van der Waals surface area (Å²) in [4.78, 5) is 2.54. The van der Waals surface area contributed by atoms with Gasteiger partial charge < -0.3 is 4.74 Å². The van der Waals surface area contributed by atoms with Crippen molar-refractivity contribution >= 4 is 0 Å². The number of benzene rings is 2. The van der Waals surface area contributed by atoms with Gasteiger partial charge in [-0.2, -0.15) is 0 Å². The average molecular weight is 295 g/mol. The third kappa shape index (κ3) is 3.76. The zero-order valence-electron chi connectivity index (χ0n) is 13.4. The first-order valence-corrected chi connectivity index (χ1v) is 8.28. The van der Waals surface area contributed by atoms with E-state index in [1.165, 1.54) is 17.5 Å². The van der Waals surface area contributed by atoms with Crippen LogP contribution in [0.1, 0.15) is 30.9 Å². The van der Waals surface area contributed by atoms with Gasteiger partial charge in [-0.05, 0) is 30.5 Å². The highest BCUT2D eigenvalue weighted by Gasteiger charge is 2.45. The Labute approximate surface area is 133 Å². The van der Waals surface area contributed by atoms with Crippen LogP contribution < -0.4 is 0 Å². The van der Waals surface area contributed by atoms with Gasteiger partial charge in [-0.1, -0.05) is 67.6 Å². The Bertz CT molecular complexity index is 563. The van der Waals surface area contributed by atoms with Crippen molar-refractivity contribution in [3.8, 4) is 0 Å². The van der Waals surface area contributed by atoms with Crippen LogP contribution in [0.2, 0.25) is 0 Å². The first-order chi connectivity index (χ1) is 10.8. The van der Waals surface area contributed by atoms with Crippen molar-refractivity contribution in [3.05, 3.63) is 71.8 Å². The number of epoxide rings is 1. The summed E-state index contributed by atoms with van der Waals surface area (Å²) in [6, 6.07) is 21.4. The first kappa shape index (κ1) is 15.3. The van der Waals surface area contributed by atoms with Crippen LogP contribution in [0.15, 0.2) is 60.7 Å². The molecule has 0 spiro atoms. The second-order valence-electron chi connectivity index (χ2n) is 6.16. The van der Waals surface area contributed by atoms with Gasteiger partial charge in [-0.15, -0.1) is 0 Å². The monoisotopic (exact) mass is 295 g/mol. The van der Waals surface area contributed by atoms with Crippen LogP contribution >= 0.6 is 0 Å². The van der Waals surface area contributed by atoms with Gasteiger partial charge in [0.1, 0.15) is 5.60 Å². The van der Waals surface area contributed by atoms with Crippen molar-refractivity contribution < 1.29 is 4.74 Å². The maximum Gasteiger partial charge on any atom is 0.118 e. The number of nitrogens with zero attached hydrogens (tertiary/aromatic N) is 1. The minimum absolute atomic E-state index is 0.0239. The van der Waals surface area contributed by atoms with Crippen LogP contribution in [0.25, 0.3) is 0 Å². The standard InChI is InChI=1S/C20H25NO/c1-2-14-21(16-18-9-5-3-6-10-18)15-13-20(17-22-20)19-11-7-4-8-12-19/h3-12H,2,13-17H2,1H3. The molecule has 0 amide bonds. The molecule has 2 heteroatoms. The molecule has 0 aliphatic carbocycles. The fourth-order valence-electron chi connectivity index (χ4n) is 3.05. The second-order valence-corrected chi connectivity index (χ2v) is 6.16. The minimum atomic E-state index is -0.0239. The average Bonchev–Trinajstić information content (AvgIpc) is 3.36. The Kier molecular flexibility index (Phi) is 4.91. The predicted molar refractivity (Wildman–Crippen MR) is 90.7 cm³/mol. The summed E-state index contributed by atoms with van der Waals surface area (Å²) in [5.74, 6) is 0. The molecule has 3 rings (SSSR count). The van der Waals surface area contributed by atoms with Crippen molar-refractivity contribution in [2.75, 3.05) is 19.7 Å². The molecule has 1 unspecified atom stereocenters. The summed E-state index contributed by atoms with van der Waals surface area (Å²) in [5, 5.41) is 0. The molecule has 1 saturated heterocycles. The number of rotatable bonds is 8. The number of ether oxygens (including phenoxy) is 1. The number of hydrogen-bond acceptors (Lipinski definition) is 2. The van der Waals surface area contributed by atoms with E-state index in [0.717, 1.165) is 32.7 Å². The van der Waals surface area contributed by atoms with Crippen LogP contribution in [-0.2, 0) is 16.9 Å². The fourth-order valence-corrected chi connectivity index (χ4v) is 3.05. The Morgan fingerprint density at radius 2 is 1.59 bits per heavy atom. The largest absolute Gasteiger partial charge is 0.364 e. The molecule has 0 N–H and O–H groups in total. The third-order valence-electron chi connectivity index (χ3n) is 4.41. The van der Waals surface area contributed by atoms with Gasteiger partial charge in [0.2, 0.25) is 0 Å². The lowest BCUT2D eigenvalue weighted by molar-refractivity contribution is 0.213. The highest BCUT2D eigenvalue weighted by atomic mass is 16.6. The molecule has 2 aromatic carbocycles. The van der Waals surface area contributed by atoms with Gasteiger partial charge in [0, 0.05) is 13.1 Å². The third-order valence-corrected chi connectivity index (χ3v) is 4.41. The van der Waals surface area contributed by atoms with Gasteiger partial charge in [-0.25, -0.2) is 0 Å². The Morgan fingerprint density at radius 1 is 0.955 bits per heavy atom. The molecule has 22 heavy (non-hydrogen) atoms. The molecule has 1 aliphatic heterocycles. The maximum absolute atomic E-state index is 5.83. The van der Waals surface area contributed by atoms with Crippen molar-refractivity contribution in [3.63, 3.8) is 0 Å². The van der Waals surface area contributed by atoms with E-state index >= 15 is 0 Å². The predicted octanol–water partition coefficient (Wildman–Crippen LogP) is 4.21. The van der Waals surface area contributed by atoms with E-state index in [1.54, 1.807) is 0 Å². The Morgan fingerprint density at radius 3 is 2.18 bits per heavy atom. The van der Waals surface area contributed by atoms with Crippen molar-refractivity contribution in [2.45, 2.75) is 31.9 Å². The molecule has 116 valence electrons. The van der Waals surface area contributed by atoms with Crippen LogP contribution in [-0.4, -0.2) is 24.6 Å². The Hall–Kier alpha value is -1.64. The van der Waals surface area contributed by atoms with Crippen molar-refractivity contribution in [1.82, 2.24) is 4.90 Å². The van der Waals surface area contributed by atoms with E-state index in [1.807, 2.05) is 0 Å². The molecule has 1 heterocycles. The molecule has 1 atom stereocenters. The van der Waals surface area contributed by atoms with Gasteiger partial charge >= 0.3 is 0 Å². The molecule has 0 radical (unpaired) electrons. The minimum Gasteiger partial charge on any atom is -0.364 e. The molecule has 1 aliphatic rings. The van der Waals surface area contributed by atoms with E-state index < -0.39 is 0 Å². The van der Waals surface area contributed by atoms with E-state index in [-0.39, 0.29) is 5.60 Å². The molecule has 0 aromatic heterocycles. The fraction of sp³-hybridized carbons (Fsp3) is 0.400. The van der Waals surface area contributed by atoms with Crippen LogP contribution in [0.5, 0.6) is 0 Å². The van der Waals surface area contributed by atoms with E-state index in [2.05, 4.69) is 72.5 Å². The van der Waals surface area contributed by atoms with Gasteiger partial charge in [0.25, 0.3) is 0 Å². The van der Waals surface area contributed by atoms with E-state index in [0.29, 0.717) is 0 Å². The summed E-state index contributed by atoms with van der Waals surface area (Å²) in [6.07, 6.45) is 2.26. The summed E-state index contributed by atoms with van der Waals surface area (Å²) in [7, 11) is 0. The highest BCUT2D eigenvalue weighted by molar-refractivity contribution is 5.26. The lowest BCUT2D eigenvalue weighted by atomic mass is 9.96. The van der Waals surface area contributed by atoms with Crippen LogP contribution in [0, 0.1) is 0 Å². The molecule has 0 bridgehead atoms. The topological polar surface area (TPSA) is 15.8 Å². The quantitative estimate of drug-likeness (QED) is 0.678. The summed E-state index contributed by atoms with van der Waals surface area (Å²) in [5.41, 5.74) is 2.69. The van der Waals surface area contributed by atoms with Crippen LogP contribution in [0.4, 0.5) is 0 Å².